The fourth-order valence-corrected chi connectivity index (χ4v) is 5.28. The zero-order valence-corrected chi connectivity index (χ0v) is 21.2. The van der Waals surface area contributed by atoms with E-state index in [1.807, 2.05) is 67.6 Å². The molecule has 0 radical (unpaired) electrons. The summed E-state index contributed by atoms with van der Waals surface area (Å²) < 4.78 is 30.5. The van der Waals surface area contributed by atoms with Crippen LogP contribution in [0.5, 0.6) is 0 Å². The molecule has 0 aliphatic carbocycles. The highest BCUT2D eigenvalue weighted by Gasteiger charge is 2.26. The molecule has 0 fully saturated rings. The Bertz CT molecular complexity index is 1400. The third-order valence-corrected chi connectivity index (χ3v) is 7.75. The van der Waals surface area contributed by atoms with Gasteiger partial charge in [-0.05, 0) is 56.0 Å². The maximum Gasteiger partial charge on any atom is 0.243 e. The average Bonchev–Trinajstić information content (AvgIpc) is 3.34. The normalized spacial score (nSPS) is 11.3. The average molecular weight is 499 g/mol. The molecule has 1 heterocycles. The minimum absolute atomic E-state index is 0.133. The number of sulfonamides is 1. The van der Waals surface area contributed by atoms with E-state index in [0.717, 1.165) is 30.4 Å². The van der Waals surface area contributed by atoms with Gasteiger partial charge in [-0.15, -0.1) is 10.2 Å². The Labute approximate surface area is 213 Å². The van der Waals surface area contributed by atoms with Crippen molar-refractivity contribution in [1.82, 2.24) is 19.1 Å². The van der Waals surface area contributed by atoms with E-state index in [1.165, 1.54) is 9.87 Å². The Kier molecular flexibility index (Phi) is 8.66. The molecule has 3 aromatic carbocycles. The van der Waals surface area contributed by atoms with Gasteiger partial charge in [0.25, 0.3) is 0 Å². The lowest BCUT2D eigenvalue weighted by atomic mass is 10.1. The molecule has 0 aliphatic heterocycles. The van der Waals surface area contributed by atoms with Crippen LogP contribution in [-0.4, -0.2) is 34.0 Å². The fraction of sp³-hybridized carbons (Fsp3) is 0.241. The predicted octanol–water partition coefficient (Wildman–Crippen LogP) is 4.85. The molecule has 7 heteroatoms. The topological polar surface area (TPSA) is 68.1 Å². The molecule has 0 amide bonds. The molecule has 0 saturated carbocycles. The monoisotopic (exact) mass is 498 g/mol. The van der Waals surface area contributed by atoms with E-state index in [-0.39, 0.29) is 11.4 Å². The molecule has 0 spiro atoms. The van der Waals surface area contributed by atoms with E-state index in [2.05, 4.69) is 34.2 Å². The Morgan fingerprint density at radius 2 is 1.58 bits per heavy atom. The lowest BCUT2D eigenvalue weighted by Gasteiger charge is -2.22. The van der Waals surface area contributed by atoms with Crippen molar-refractivity contribution in [2.75, 3.05) is 6.54 Å². The molecule has 184 valence electrons. The highest BCUT2D eigenvalue weighted by molar-refractivity contribution is 7.89. The van der Waals surface area contributed by atoms with Crippen LogP contribution in [0.4, 0.5) is 0 Å². The number of aromatic nitrogens is 3. The van der Waals surface area contributed by atoms with Crippen LogP contribution >= 0.6 is 0 Å². The molecule has 4 rings (SSSR count). The van der Waals surface area contributed by atoms with Crippen molar-refractivity contribution in [3.8, 4) is 11.8 Å². The fourth-order valence-electron chi connectivity index (χ4n) is 3.84. The second kappa shape index (κ2) is 12.3. The van der Waals surface area contributed by atoms with Crippen molar-refractivity contribution in [3.63, 3.8) is 0 Å². The largest absolute Gasteiger partial charge is 0.305 e. The van der Waals surface area contributed by atoms with E-state index in [0.29, 0.717) is 18.9 Å². The van der Waals surface area contributed by atoms with Crippen LogP contribution in [0.1, 0.15) is 35.4 Å². The van der Waals surface area contributed by atoms with Crippen LogP contribution in [0.15, 0.2) is 96.2 Å². The summed E-state index contributed by atoms with van der Waals surface area (Å²) in [5.74, 6) is 6.82. The van der Waals surface area contributed by atoms with Gasteiger partial charge in [-0.3, -0.25) is 0 Å². The van der Waals surface area contributed by atoms with Crippen molar-refractivity contribution in [3.05, 3.63) is 114 Å². The van der Waals surface area contributed by atoms with Gasteiger partial charge < -0.3 is 4.57 Å². The van der Waals surface area contributed by atoms with Crippen LogP contribution in [0, 0.1) is 18.8 Å². The van der Waals surface area contributed by atoms with Crippen molar-refractivity contribution in [1.29, 1.82) is 0 Å². The quantitative estimate of drug-likeness (QED) is 0.232. The molecule has 0 aliphatic rings. The number of benzene rings is 3. The highest BCUT2D eigenvalue weighted by Crippen LogP contribution is 2.20. The minimum atomic E-state index is -3.70. The standard InChI is InChI=1S/C29H30N4O2S/c1-25-17-19-28(20-18-25)36(34,35)33(22-9-8-15-26-11-4-2-5-12-26)23-29-31-30-24-32(29)21-10-16-27-13-6-3-7-14-27/h2-7,11-14,17-20,24H,8-9,15,21-23H2,1H3. The van der Waals surface area contributed by atoms with Crippen LogP contribution in [-0.2, 0) is 29.5 Å². The second-order valence-electron chi connectivity index (χ2n) is 8.64. The zero-order chi connectivity index (χ0) is 25.2. The van der Waals surface area contributed by atoms with Crippen molar-refractivity contribution in [2.45, 2.75) is 44.2 Å². The van der Waals surface area contributed by atoms with Gasteiger partial charge in [-0.1, -0.05) is 78.1 Å². The molecule has 6 nitrogen and oxygen atoms in total. The summed E-state index contributed by atoms with van der Waals surface area (Å²) in [6, 6.07) is 27.0. The molecule has 0 unspecified atom stereocenters. The van der Waals surface area contributed by atoms with Crippen molar-refractivity contribution < 1.29 is 8.42 Å². The van der Waals surface area contributed by atoms with E-state index in [9.17, 15) is 8.42 Å². The van der Waals surface area contributed by atoms with Crippen LogP contribution in [0.2, 0.25) is 0 Å². The first-order valence-corrected chi connectivity index (χ1v) is 13.5. The predicted molar refractivity (Wildman–Crippen MR) is 141 cm³/mol. The zero-order valence-electron chi connectivity index (χ0n) is 20.4. The van der Waals surface area contributed by atoms with Crippen LogP contribution in [0.25, 0.3) is 0 Å². The van der Waals surface area contributed by atoms with Gasteiger partial charge in [-0.25, -0.2) is 8.42 Å². The summed E-state index contributed by atoms with van der Waals surface area (Å²) in [5.41, 5.74) is 3.19. The van der Waals surface area contributed by atoms with E-state index < -0.39 is 10.0 Å². The number of rotatable bonds is 10. The smallest absolute Gasteiger partial charge is 0.243 e. The maximum atomic E-state index is 13.6. The number of aryl methyl sites for hydroxylation is 2. The van der Waals surface area contributed by atoms with E-state index in [4.69, 9.17) is 0 Å². The summed E-state index contributed by atoms with van der Waals surface area (Å²) in [7, 11) is -3.70. The number of hydrogen-bond donors (Lipinski definition) is 0. The first-order chi connectivity index (χ1) is 17.5. The third-order valence-electron chi connectivity index (χ3n) is 5.89. The minimum Gasteiger partial charge on any atom is -0.305 e. The van der Waals surface area contributed by atoms with Gasteiger partial charge in [0.05, 0.1) is 18.0 Å². The Hall–Kier alpha value is -3.73. The van der Waals surface area contributed by atoms with Crippen molar-refractivity contribution in [2.24, 2.45) is 0 Å². The van der Waals surface area contributed by atoms with Gasteiger partial charge >= 0.3 is 0 Å². The Morgan fingerprint density at radius 3 is 2.31 bits per heavy atom. The lowest BCUT2D eigenvalue weighted by Crippen LogP contribution is -2.33. The van der Waals surface area contributed by atoms with Crippen LogP contribution in [0.3, 0.4) is 0 Å². The number of nitrogens with zero attached hydrogens (tertiary/aromatic N) is 4. The van der Waals surface area contributed by atoms with Gasteiger partial charge in [-0.2, -0.15) is 4.31 Å². The first-order valence-electron chi connectivity index (χ1n) is 12.0. The summed E-state index contributed by atoms with van der Waals surface area (Å²) in [6.45, 7) is 2.85. The lowest BCUT2D eigenvalue weighted by molar-refractivity contribution is 0.381. The third kappa shape index (κ3) is 6.91. The Balaban J connectivity index is 1.49. The van der Waals surface area contributed by atoms with Gasteiger partial charge in [0.1, 0.15) is 12.2 Å². The molecular weight excluding hydrogens is 468 g/mol. The molecule has 36 heavy (non-hydrogen) atoms. The first kappa shape index (κ1) is 25.4. The van der Waals surface area contributed by atoms with Gasteiger partial charge in [0.15, 0.2) is 0 Å². The summed E-state index contributed by atoms with van der Waals surface area (Å²) in [5, 5.41) is 8.24. The summed E-state index contributed by atoms with van der Waals surface area (Å²) in [4.78, 5) is 0.283. The Morgan fingerprint density at radius 1 is 0.889 bits per heavy atom. The van der Waals surface area contributed by atoms with Gasteiger partial charge in [0.2, 0.25) is 10.0 Å². The van der Waals surface area contributed by atoms with Crippen LogP contribution < -0.4 is 0 Å². The summed E-state index contributed by atoms with van der Waals surface area (Å²) >= 11 is 0. The second-order valence-corrected chi connectivity index (χ2v) is 10.6. The molecular formula is C29H30N4O2S. The van der Waals surface area contributed by atoms with E-state index >= 15 is 0 Å². The SMILES string of the molecule is Cc1ccc(S(=O)(=O)N(CCCCc2ccccc2)Cc2nncn2CC#Cc2ccccc2)cc1. The molecule has 0 N–H and O–H groups in total. The molecule has 4 aromatic rings. The maximum absolute atomic E-state index is 13.6. The molecule has 0 bridgehead atoms. The number of hydrogen-bond acceptors (Lipinski definition) is 4. The van der Waals surface area contributed by atoms with Gasteiger partial charge in [0, 0.05) is 12.1 Å². The van der Waals surface area contributed by atoms with Crippen molar-refractivity contribution >= 4 is 10.0 Å². The highest BCUT2D eigenvalue weighted by atomic mass is 32.2. The summed E-state index contributed by atoms with van der Waals surface area (Å²) in [6.07, 6.45) is 4.13. The van der Waals surface area contributed by atoms with E-state index in [1.54, 1.807) is 23.0 Å². The molecule has 0 atom stereocenters. The molecule has 1 aromatic heterocycles. The molecule has 0 saturated heterocycles. The number of unbranched alkanes of at least 4 members (excludes halogenated alkanes) is 1.